The zero-order valence-electron chi connectivity index (χ0n) is 6.96. The van der Waals surface area contributed by atoms with Crippen molar-refractivity contribution in [1.29, 1.82) is 0 Å². The summed E-state index contributed by atoms with van der Waals surface area (Å²) in [7, 11) is 0. The van der Waals surface area contributed by atoms with Crippen LogP contribution in [0.2, 0.25) is 0 Å². The summed E-state index contributed by atoms with van der Waals surface area (Å²) in [5, 5.41) is 9.05. The van der Waals surface area contributed by atoms with Gasteiger partial charge in [-0.15, -0.1) is 11.6 Å². The molecule has 13 heavy (non-hydrogen) atoms. The van der Waals surface area contributed by atoms with Crippen LogP contribution < -0.4 is 5.56 Å². The molecule has 4 heteroatoms. The molecule has 3 nitrogen and oxygen atoms in total. The van der Waals surface area contributed by atoms with Gasteiger partial charge in [0, 0.05) is 12.1 Å². The third-order valence-corrected chi connectivity index (χ3v) is 1.71. The van der Waals surface area contributed by atoms with Crippen molar-refractivity contribution in [2.45, 2.75) is 6.42 Å². The molecule has 0 radical (unpaired) electrons. The summed E-state index contributed by atoms with van der Waals surface area (Å²) in [5.41, 5.74) is 0.275. The zero-order chi connectivity index (χ0) is 9.68. The number of hydrogen-bond donors (Lipinski definition) is 2. The summed E-state index contributed by atoms with van der Waals surface area (Å²) in [6.07, 6.45) is 5.96. The minimum absolute atomic E-state index is 0.270. The van der Waals surface area contributed by atoms with Gasteiger partial charge in [0.15, 0.2) is 5.75 Å². The van der Waals surface area contributed by atoms with Gasteiger partial charge in [-0.1, -0.05) is 12.2 Å². The van der Waals surface area contributed by atoms with Crippen LogP contribution in [0.25, 0.3) is 6.08 Å². The maximum absolute atomic E-state index is 10.8. The summed E-state index contributed by atoms with van der Waals surface area (Å²) in [6.45, 7) is 0. The molecule has 0 saturated heterocycles. The van der Waals surface area contributed by atoms with Crippen LogP contribution in [0.3, 0.4) is 0 Å². The molecule has 0 saturated carbocycles. The fourth-order valence-electron chi connectivity index (χ4n) is 0.867. The SMILES string of the molecule is O=c1[nH]cc(C=CCCCl)cc1O. The van der Waals surface area contributed by atoms with E-state index in [1.54, 1.807) is 6.08 Å². The number of allylic oxidation sites excluding steroid dienone is 1. The van der Waals surface area contributed by atoms with Gasteiger partial charge >= 0.3 is 0 Å². The van der Waals surface area contributed by atoms with E-state index >= 15 is 0 Å². The molecule has 0 spiro atoms. The first-order chi connectivity index (χ1) is 6.24. The van der Waals surface area contributed by atoms with Crippen molar-refractivity contribution in [2.24, 2.45) is 0 Å². The molecule has 0 aliphatic heterocycles. The highest BCUT2D eigenvalue weighted by atomic mass is 35.5. The summed E-state index contributed by atoms with van der Waals surface area (Å²) < 4.78 is 0. The number of hydrogen-bond acceptors (Lipinski definition) is 2. The molecule has 0 bridgehead atoms. The fourth-order valence-corrected chi connectivity index (χ4v) is 0.993. The smallest absolute Gasteiger partial charge is 0.290 e. The summed E-state index contributed by atoms with van der Waals surface area (Å²) in [5.74, 6) is 0.291. The molecule has 0 atom stereocenters. The number of aromatic amines is 1. The Morgan fingerprint density at radius 1 is 1.62 bits per heavy atom. The van der Waals surface area contributed by atoms with Crippen LogP contribution in [-0.2, 0) is 0 Å². The van der Waals surface area contributed by atoms with Crippen molar-refractivity contribution in [2.75, 3.05) is 5.88 Å². The first-order valence-electron chi connectivity index (χ1n) is 3.88. The van der Waals surface area contributed by atoms with Crippen LogP contribution in [-0.4, -0.2) is 16.0 Å². The van der Waals surface area contributed by atoms with E-state index < -0.39 is 5.56 Å². The maximum Gasteiger partial charge on any atom is 0.290 e. The molecule has 70 valence electrons. The summed E-state index contributed by atoms with van der Waals surface area (Å²) in [6, 6.07) is 1.41. The molecule has 1 aromatic rings. The quantitative estimate of drug-likeness (QED) is 0.729. The predicted octanol–water partition coefficient (Wildman–Crippen LogP) is 1.72. The average Bonchev–Trinajstić information content (AvgIpc) is 2.12. The molecule has 2 N–H and O–H groups in total. The van der Waals surface area contributed by atoms with Gasteiger partial charge in [0.1, 0.15) is 0 Å². The molecule has 0 aliphatic rings. The van der Waals surface area contributed by atoms with Gasteiger partial charge in [-0.25, -0.2) is 0 Å². The molecule has 1 rings (SSSR count). The first kappa shape index (κ1) is 9.86. The minimum Gasteiger partial charge on any atom is -0.503 e. The topological polar surface area (TPSA) is 53.1 Å². The van der Waals surface area contributed by atoms with E-state index in [4.69, 9.17) is 16.7 Å². The number of H-pyrrole nitrogens is 1. The standard InChI is InChI=1S/C9H10ClNO2/c10-4-2-1-3-7-5-8(12)9(13)11-6-7/h1,3,5-6,12H,2,4H2,(H,11,13). The normalized spacial score (nSPS) is 10.8. The highest BCUT2D eigenvalue weighted by Crippen LogP contribution is 2.05. The summed E-state index contributed by atoms with van der Waals surface area (Å²) in [4.78, 5) is 13.2. The van der Waals surface area contributed by atoms with Crippen LogP contribution in [0.15, 0.2) is 23.1 Å². The van der Waals surface area contributed by atoms with Crippen LogP contribution in [0.1, 0.15) is 12.0 Å². The second kappa shape index (κ2) is 4.72. The number of alkyl halides is 1. The highest BCUT2D eigenvalue weighted by molar-refractivity contribution is 6.17. The van der Waals surface area contributed by atoms with Gasteiger partial charge in [0.25, 0.3) is 5.56 Å². The Morgan fingerprint density at radius 3 is 3.00 bits per heavy atom. The Hall–Kier alpha value is -1.22. The Bertz CT molecular complexity index is 357. The number of pyridine rings is 1. The van der Waals surface area contributed by atoms with Crippen LogP contribution in [0.4, 0.5) is 0 Å². The second-order valence-corrected chi connectivity index (χ2v) is 2.91. The molecule has 0 aliphatic carbocycles. The van der Waals surface area contributed by atoms with Crippen LogP contribution in [0.5, 0.6) is 5.75 Å². The van der Waals surface area contributed by atoms with E-state index in [1.165, 1.54) is 12.3 Å². The van der Waals surface area contributed by atoms with E-state index in [2.05, 4.69) is 4.98 Å². The lowest BCUT2D eigenvalue weighted by molar-refractivity contribution is 0.466. The van der Waals surface area contributed by atoms with Crippen LogP contribution >= 0.6 is 11.6 Å². The molecular weight excluding hydrogens is 190 g/mol. The van der Waals surface area contributed by atoms with Gasteiger partial charge in [0.05, 0.1) is 0 Å². The molecule has 0 unspecified atom stereocenters. The molecule has 1 aromatic heterocycles. The van der Waals surface area contributed by atoms with E-state index in [1.807, 2.05) is 6.08 Å². The second-order valence-electron chi connectivity index (χ2n) is 2.53. The van der Waals surface area contributed by atoms with Crippen molar-refractivity contribution in [3.63, 3.8) is 0 Å². The number of aromatic nitrogens is 1. The van der Waals surface area contributed by atoms with Crippen molar-refractivity contribution in [1.82, 2.24) is 4.98 Å². The fraction of sp³-hybridized carbons (Fsp3) is 0.222. The Kier molecular flexibility index (Phi) is 3.58. The van der Waals surface area contributed by atoms with Gasteiger partial charge in [0.2, 0.25) is 0 Å². The lowest BCUT2D eigenvalue weighted by atomic mass is 10.2. The van der Waals surface area contributed by atoms with Gasteiger partial charge < -0.3 is 10.1 Å². The summed E-state index contributed by atoms with van der Waals surface area (Å²) >= 11 is 5.47. The zero-order valence-corrected chi connectivity index (χ0v) is 7.71. The van der Waals surface area contributed by atoms with Gasteiger partial charge in [-0.2, -0.15) is 0 Å². The molecule has 0 fully saturated rings. The maximum atomic E-state index is 10.8. The van der Waals surface area contributed by atoms with E-state index in [0.29, 0.717) is 5.88 Å². The third kappa shape index (κ3) is 2.95. The lowest BCUT2D eigenvalue weighted by Crippen LogP contribution is -2.03. The average molecular weight is 200 g/mol. The van der Waals surface area contributed by atoms with Crippen molar-refractivity contribution >= 4 is 17.7 Å². The Balaban J connectivity index is 2.79. The Morgan fingerprint density at radius 2 is 2.38 bits per heavy atom. The number of halogens is 1. The molecule has 1 heterocycles. The Labute approximate surface area is 80.7 Å². The largest absolute Gasteiger partial charge is 0.503 e. The van der Waals surface area contributed by atoms with E-state index in [0.717, 1.165) is 12.0 Å². The van der Waals surface area contributed by atoms with Crippen molar-refractivity contribution < 1.29 is 5.11 Å². The minimum atomic E-state index is -0.477. The van der Waals surface area contributed by atoms with Crippen molar-refractivity contribution in [3.8, 4) is 5.75 Å². The van der Waals surface area contributed by atoms with Gasteiger partial charge in [-0.3, -0.25) is 4.79 Å². The van der Waals surface area contributed by atoms with E-state index in [9.17, 15) is 4.79 Å². The molecule has 0 amide bonds. The third-order valence-electron chi connectivity index (χ3n) is 1.49. The van der Waals surface area contributed by atoms with Crippen molar-refractivity contribution in [3.05, 3.63) is 34.3 Å². The monoisotopic (exact) mass is 199 g/mol. The lowest BCUT2D eigenvalue weighted by Gasteiger charge is -1.93. The highest BCUT2D eigenvalue weighted by Gasteiger charge is 1.94. The molecule has 0 aromatic carbocycles. The number of rotatable bonds is 3. The number of aromatic hydroxyl groups is 1. The van der Waals surface area contributed by atoms with Crippen LogP contribution in [0, 0.1) is 0 Å². The van der Waals surface area contributed by atoms with E-state index in [-0.39, 0.29) is 5.75 Å². The number of nitrogens with one attached hydrogen (secondary N) is 1. The molecular formula is C9H10ClNO2. The van der Waals surface area contributed by atoms with Gasteiger partial charge in [-0.05, 0) is 18.1 Å². The predicted molar refractivity (Wildman–Crippen MR) is 53.1 cm³/mol. The first-order valence-corrected chi connectivity index (χ1v) is 4.41.